The number of aromatic amines is 1. The maximum atomic E-state index is 5.43. The van der Waals surface area contributed by atoms with Gasteiger partial charge < -0.3 is 25.3 Å². The van der Waals surface area contributed by atoms with E-state index in [1.54, 1.807) is 6.33 Å². The second-order valence-corrected chi connectivity index (χ2v) is 7.81. The Morgan fingerprint density at radius 3 is 2.73 bits per heavy atom. The lowest BCUT2D eigenvalue weighted by atomic mass is 9.95. The number of pyridine rings is 1. The van der Waals surface area contributed by atoms with Gasteiger partial charge in [0.2, 0.25) is 5.95 Å². The van der Waals surface area contributed by atoms with E-state index >= 15 is 0 Å². The van der Waals surface area contributed by atoms with Gasteiger partial charge in [0, 0.05) is 19.1 Å². The second-order valence-electron chi connectivity index (χ2n) is 7.81. The molecular formula is C21H27N8O. The molecule has 0 amide bonds. The number of anilines is 4. The van der Waals surface area contributed by atoms with Crippen molar-refractivity contribution in [2.24, 2.45) is 0 Å². The zero-order valence-corrected chi connectivity index (χ0v) is 17.2. The summed E-state index contributed by atoms with van der Waals surface area (Å²) in [6.07, 6.45) is 8.52. The Hall–Kier alpha value is -2.94. The third-order valence-electron chi connectivity index (χ3n) is 5.71. The fourth-order valence-corrected chi connectivity index (χ4v) is 4.03. The maximum absolute atomic E-state index is 5.43. The first kappa shape index (κ1) is 19.0. The summed E-state index contributed by atoms with van der Waals surface area (Å²) in [6.45, 7) is 5.22. The molecule has 9 heteroatoms. The van der Waals surface area contributed by atoms with Crippen LogP contribution in [0.3, 0.4) is 0 Å². The van der Waals surface area contributed by atoms with E-state index in [0.29, 0.717) is 17.6 Å². The first-order valence-electron chi connectivity index (χ1n) is 10.6. The summed E-state index contributed by atoms with van der Waals surface area (Å²) < 4.78 is 5.43. The van der Waals surface area contributed by atoms with Gasteiger partial charge in [-0.2, -0.15) is 9.97 Å². The lowest BCUT2D eigenvalue weighted by molar-refractivity contribution is 0.122. The third kappa shape index (κ3) is 4.02. The minimum atomic E-state index is 0.411. The lowest BCUT2D eigenvalue weighted by Gasteiger charge is -2.28. The van der Waals surface area contributed by atoms with Crippen LogP contribution in [0.5, 0.6) is 0 Å². The number of rotatable bonds is 5. The molecule has 9 nitrogen and oxygen atoms in total. The van der Waals surface area contributed by atoms with Gasteiger partial charge in [0.25, 0.3) is 0 Å². The number of fused-ring (bicyclic) bond motifs is 1. The van der Waals surface area contributed by atoms with Crippen molar-refractivity contribution in [3.8, 4) is 0 Å². The summed E-state index contributed by atoms with van der Waals surface area (Å²) in [7, 11) is 0. The molecule has 1 saturated carbocycles. The fourth-order valence-electron chi connectivity index (χ4n) is 4.03. The largest absolute Gasteiger partial charge is 0.378 e. The topological polar surface area (TPSA) is 104 Å². The minimum absolute atomic E-state index is 0.411. The number of aryl methyl sites for hydroxylation is 1. The highest BCUT2D eigenvalue weighted by molar-refractivity contribution is 5.84. The van der Waals surface area contributed by atoms with Crippen molar-refractivity contribution in [1.82, 2.24) is 24.9 Å². The standard InChI is InChI=1S/C21H27N8O/c1-14-16(7-8-17(24-14)29-9-11-30-12-10-29)26-21-27-19-18(22-13-23-19)20(28-21)25-15-5-3-2-4-6-15/h2,7-8,13,15H,3-6,9-12H2,1H3,(H3,22,23,25,26,27,28). The molecule has 0 spiro atoms. The molecule has 1 aliphatic carbocycles. The number of hydrogen-bond donors (Lipinski definition) is 3. The van der Waals surface area contributed by atoms with Gasteiger partial charge in [-0.3, -0.25) is 0 Å². The molecule has 0 bridgehead atoms. The Labute approximate surface area is 175 Å². The lowest BCUT2D eigenvalue weighted by Crippen LogP contribution is -2.36. The number of morpholine rings is 1. The Bertz CT molecular complexity index is 1010. The molecule has 0 aromatic carbocycles. The molecule has 2 aliphatic rings. The van der Waals surface area contributed by atoms with Gasteiger partial charge in [0.05, 0.1) is 30.9 Å². The average molecular weight is 408 g/mol. The second kappa shape index (κ2) is 8.43. The fraction of sp³-hybridized carbons (Fsp3) is 0.476. The van der Waals surface area contributed by atoms with Crippen LogP contribution in [-0.4, -0.2) is 57.3 Å². The molecule has 157 valence electrons. The highest BCUT2D eigenvalue weighted by Gasteiger charge is 2.18. The Kier molecular flexibility index (Phi) is 5.35. The van der Waals surface area contributed by atoms with E-state index in [4.69, 9.17) is 14.7 Å². The molecule has 30 heavy (non-hydrogen) atoms. The monoisotopic (exact) mass is 407 g/mol. The van der Waals surface area contributed by atoms with E-state index in [1.165, 1.54) is 0 Å². The molecular weight excluding hydrogens is 380 g/mol. The summed E-state index contributed by atoms with van der Waals surface area (Å²) in [5, 5.41) is 6.92. The number of H-pyrrole nitrogens is 1. The van der Waals surface area contributed by atoms with E-state index in [0.717, 1.165) is 80.5 Å². The number of nitrogens with zero attached hydrogens (tertiary/aromatic N) is 5. The zero-order chi connectivity index (χ0) is 20.3. The highest BCUT2D eigenvalue weighted by Crippen LogP contribution is 2.27. The summed E-state index contributed by atoms with van der Waals surface area (Å²) in [4.78, 5) is 23.9. The van der Waals surface area contributed by atoms with E-state index in [2.05, 4.69) is 36.9 Å². The minimum Gasteiger partial charge on any atom is -0.378 e. The Balaban J connectivity index is 1.38. The van der Waals surface area contributed by atoms with Crippen molar-refractivity contribution < 1.29 is 4.74 Å². The first-order valence-corrected chi connectivity index (χ1v) is 10.6. The quantitative estimate of drug-likeness (QED) is 0.592. The maximum Gasteiger partial charge on any atom is 0.231 e. The number of imidazole rings is 1. The van der Waals surface area contributed by atoms with Crippen molar-refractivity contribution >= 4 is 34.4 Å². The van der Waals surface area contributed by atoms with Crippen LogP contribution in [-0.2, 0) is 4.74 Å². The van der Waals surface area contributed by atoms with Crippen LogP contribution in [0.1, 0.15) is 31.4 Å². The van der Waals surface area contributed by atoms with Gasteiger partial charge in [-0.15, -0.1) is 0 Å². The third-order valence-corrected chi connectivity index (χ3v) is 5.71. The molecule has 1 aliphatic heterocycles. The van der Waals surface area contributed by atoms with Crippen molar-refractivity contribution in [1.29, 1.82) is 0 Å². The average Bonchev–Trinajstić information content (AvgIpc) is 3.26. The van der Waals surface area contributed by atoms with Gasteiger partial charge in [0.1, 0.15) is 11.3 Å². The molecule has 3 aromatic rings. The van der Waals surface area contributed by atoms with Crippen LogP contribution < -0.4 is 15.5 Å². The number of nitrogens with one attached hydrogen (secondary N) is 3. The number of aromatic nitrogens is 5. The van der Waals surface area contributed by atoms with Crippen LogP contribution in [0.4, 0.5) is 23.3 Å². The van der Waals surface area contributed by atoms with Crippen LogP contribution in [0.2, 0.25) is 0 Å². The molecule has 1 radical (unpaired) electrons. The molecule has 5 rings (SSSR count). The van der Waals surface area contributed by atoms with Crippen molar-refractivity contribution in [3.63, 3.8) is 0 Å². The molecule has 2 fully saturated rings. The molecule has 3 aromatic heterocycles. The van der Waals surface area contributed by atoms with Crippen molar-refractivity contribution in [2.45, 2.75) is 38.6 Å². The number of ether oxygens (including phenoxy) is 1. The predicted octanol–water partition coefficient (Wildman–Crippen LogP) is 3.20. The van der Waals surface area contributed by atoms with Crippen molar-refractivity contribution in [3.05, 3.63) is 30.6 Å². The zero-order valence-electron chi connectivity index (χ0n) is 17.2. The molecule has 3 N–H and O–H groups in total. The summed E-state index contributed by atoms with van der Waals surface area (Å²) >= 11 is 0. The van der Waals surface area contributed by atoms with Crippen LogP contribution in [0.25, 0.3) is 11.2 Å². The number of hydrogen-bond acceptors (Lipinski definition) is 8. The van der Waals surface area contributed by atoms with Gasteiger partial charge in [-0.05, 0) is 51.2 Å². The van der Waals surface area contributed by atoms with Gasteiger partial charge in [-0.1, -0.05) is 0 Å². The van der Waals surface area contributed by atoms with E-state index in [1.807, 2.05) is 19.1 Å². The van der Waals surface area contributed by atoms with Crippen LogP contribution in [0.15, 0.2) is 18.5 Å². The van der Waals surface area contributed by atoms with Gasteiger partial charge in [0.15, 0.2) is 11.5 Å². The van der Waals surface area contributed by atoms with E-state index in [-0.39, 0.29) is 0 Å². The first-order chi connectivity index (χ1) is 14.8. The SMILES string of the molecule is Cc1nc(N2CCOCC2)ccc1Nc1nc(NC2CC[CH]CC2)c2nc[nH]c2n1. The van der Waals surface area contributed by atoms with Crippen LogP contribution >= 0.6 is 0 Å². The van der Waals surface area contributed by atoms with E-state index < -0.39 is 0 Å². The molecule has 0 unspecified atom stereocenters. The molecule has 0 atom stereocenters. The summed E-state index contributed by atoms with van der Waals surface area (Å²) in [6, 6.07) is 4.49. The molecule has 4 heterocycles. The predicted molar refractivity (Wildman–Crippen MR) is 117 cm³/mol. The highest BCUT2D eigenvalue weighted by atomic mass is 16.5. The Morgan fingerprint density at radius 1 is 1.10 bits per heavy atom. The van der Waals surface area contributed by atoms with Gasteiger partial charge in [-0.25, -0.2) is 9.97 Å². The smallest absolute Gasteiger partial charge is 0.231 e. The van der Waals surface area contributed by atoms with Gasteiger partial charge >= 0.3 is 0 Å². The van der Waals surface area contributed by atoms with E-state index in [9.17, 15) is 0 Å². The Morgan fingerprint density at radius 2 is 1.93 bits per heavy atom. The summed E-state index contributed by atoms with van der Waals surface area (Å²) in [5.74, 6) is 2.27. The molecule has 1 saturated heterocycles. The normalized spacial score (nSPS) is 18.0. The van der Waals surface area contributed by atoms with Crippen LogP contribution in [0, 0.1) is 13.3 Å². The summed E-state index contributed by atoms with van der Waals surface area (Å²) in [5.41, 5.74) is 3.29. The van der Waals surface area contributed by atoms with Crippen molar-refractivity contribution in [2.75, 3.05) is 41.8 Å².